The van der Waals surface area contributed by atoms with Crippen LogP contribution in [0.1, 0.15) is 91.9 Å². The van der Waals surface area contributed by atoms with Crippen molar-refractivity contribution in [3.63, 3.8) is 0 Å². The number of hydrogen-bond acceptors (Lipinski definition) is 5. The Hall–Kier alpha value is -1.14. The molecule has 0 aliphatic heterocycles. The molecule has 34 heavy (non-hydrogen) atoms. The monoisotopic (exact) mass is 477 g/mol. The molecule has 4 rings (SSSR count). The van der Waals surface area contributed by atoms with Gasteiger partial charge in [-0.15, -0.1) is 0 Å². The van der Waals surface area contributed by atoms with E-state index in [4.69, 9.17) is 4.74 Å². The molecule has 1 amide bonds. The first kappa shape index (κ1) is 25.9. The van der Waals surface area contributed by atoms with Crippen molar-refractivity contribution in [2.75, 3.05) is 13.2 Å². The molecule has 4 aliphatic carbocycles. The molecule has 1 unspecified atom stereocenters. The van der Waals surface area contributed by atoms with Crippen LogP contribution < -0.4 is 5.32 Å². The van der Waals surface area contributed by atoms with Crippen LogP contribution in [0.4, 0.5) is 0 Å². The van der Waals surface area contributed by atoms with Crippen molar-refractivity contribution in [1.82, 2.24) is 5.32 Å². The van der Waals surface area contributed by atoms with E-state index in [-0.39, 0.29) is 35.5 Å². The number of aliphatic hydroxyl groups is 2. The molecular formula is C28H47NO5. The Morgan fingerprint density at radius 1 is 1.06 bits per heavy atom. The first-order valence-corrected chi connectivity index (χ1v) is 13.9. The number of hydrogen-bond donors (Lipinski definition) is 3. The maximum atomic E-state index is 12.3. The molecule has 0 aromatic rings. The maximum absolute atomic E-state index is 12.3. The van der Waals surface area contributed by atoms with Crippen LogP contribution in [-0.4, -0.2) is 47.4 Å². The van der Waals surface area contributed by atoms with Crippen LogP contribution in [-0.2, 0) is 14.3 Å². The summed E-state index contributed by atoms with van der Waals surface area (Å²) in [6, 6.07) is 0. The molecule has 10 atom stereocenters. The van der Waals surface area contributed by atoms with Gasteiger partial charge in [-0.1, -0.05) is 20.8 Å². The molecule has 0 saturated heterocycles. The fraction of sp³-hybridized carbons (Fsp3) is 0.929. The number of nitrogens with one attached hydrogen (secondary N) is 1. The predicted octanol–water partition coefficient (Wildman–Crippen LogP) is 4.07. The number of aliphatic hydroxyl groups excluding tert-OH is 2. The molecule has 194 valence electrons. The van der Waals surface area contributed by atoms with Gasteiger partial charge in [-0.05, 0) is 111 Å². The third-order valence-electron chi connectivity index (χ3n) is 11.1. The Bertz CT molecular complexity index is 757. The lowest BCUT2D eigenvalue weighted by molar-refractivity contribution is -0.175. The van der Waals surface area contributed by atoms with Crippen molar-refractivity contribution in [3.8, 4) is 0 Å². The Morgan fingerprint density at radius 2 is 1.82 bits per heavy atom. The number of fused-ring (bicyclic) bond motifs is 5. The lowest BCUT2D eigenvalue weighted by atomic mass is 9.43. The van der Waals surface area contributed by atoms with E-state index < -0.39 is 5.97 Å². The summed E-state index contributed by atoms with van der Waals surface area (Å²) in [7, 11) is 0. The summed E-state index contributed by atoms with van der Waals surface area (Å²) >= 11 is 0. The molecule has 0 heterocycles. The molecule has 4 fully saturated rings. The van der Waals surface area contributed by atoms with Gasteiger partial charge in [0.1, 0.15) is 6.54 Å². The van der Waals surface area contributed by atoms with Crippen molar-refractivity contribution in [1.29, 1.82) is 0 Å². The Kier molecular flexibility index (Phi) is 7.69. The van der Waals surface area contributed by atoms with Gasteiger partial charge in [0.2, 0.25) is 5.91 Å². The third-order valence-corrected chi connectivity index (χ3v) is 11.1. The van der Waals surface area contributed by atoms with Gasteiger partial charge >= 0.3 is 5.97 Å². The van der Waals surface area contributed by atoms with E-state index >= 15 is 0 Å². The summed E-state index contributed by atoms with van der Waals surface area (Å²) in [4.78, 5) is 23.8. The highest BCUT2D eigenvalue weighted by Gasteiger charge is 2.63. The quantitative estimate of drug-likeness (QED) is 0.480. The van der Waals surface area contributed by atoms with Crippen LogP contribution in [0.5, 0.6) is 0 Å². The van der Waals surface area contributed by atoms with E-state index in [9.17, 15) is 19.8 Å². The van der Waals surface area contributed by atoms with E-state index in [1.54, 1.807) is 6.92 Å². The first-order chi connectivity index (χ1) is 16.1. The zero-order valence-corrected chi connectivity index (χ0v) is 21.7. The molecule has 6 heteroatoms. The Labute approximate surface area is 205 Å². The number of ether oxygens (including phenoxy) is 1. The maximum Gasteiger partial charge on any atom is 0.325 e. The summed E-state index contributed by atoms with van der Waals surface area (Å²) in [6.07, 6.45) is 9.35. The molecule has 4 aliphatic rings. The van der Waals surface area contributed by atoms with Crippen molar-refractivity contribution in [2.24, 2.45) is 46.3 Å². The van der Waals surface area contributed by atoms with Gasteiger partial charge in [-0.25, -0.2) is 0 Å². The number of carbonyl (C=O) groups is 2. The average Bonchev–Trinajstić information content (AvgIpc) is 3.16. The van der Waals surface area contributed by atoms with Gasteiger partial charge < -0.3 is 20.3 Å². The SMILES string of the molecule is CCOC(=O)CNC(=O)CC[C@@H](C)[C@H]1CC[C@H]2[C@@H]3CCC4C[C@H](O)CC[C@]4(C)[C@H]3C[C@H](O)[C@]12C. The van der Waals surface area contributed by atoms with Gasteiger partial charge in [0.25, 0.3) is 0 Å². The fourth-order valence-electron chi connectivity index (χ4n) is 9.19. The zero-order valence-electron chi connectivity index (χ0n) is 21.7. The van der Waals surface area contributed by atoms with E-state index in [1.165, 1.54) is 19.3 Å². The topological polar surface area (TPSA) is 95.9 Å². The van der Waals surface area contributed by atoms with Gasteiger partial charge in [0.05, 0.1) is 18.8 Å². The number of esters is 1. The molecule has 0 radical (unpaired) electrons. The van der Waals surface area contributed by atoms with E-state index in [0.717, 1.165) is 38.5 Å². The molecular weight excluding hydrogens is 430 g/mol. The summed E-state index contributed by atoms with van der Waals surface area (Å²) in [5, 5.41) is 24.6. The molecule has 4 saturated carbocycles. The Morgan fingerprint density at radius 3 is 2.56 bits per heavy atom. The van der Waals surface area contributed by atoms with E-state index in [2.05, 4.69) is 26.1 Å². The highest BCUT2D eigenvalue weighted by molar-refractivity contribution is 5.81. The lowest BCUT2D eigenvalue weighted by Gasteiger charge is -2.62. The second-order valence-corrected chi connectivity index (χ2v) is 12.5. The van der Waals surface area contributed by atoms with Gasteiger partial charge in [0, 0.05) is 6.42 Å². The minimum Gasteiger partial charge on any atom is -0.465 e. The van der Waals surface area contributed by atoms with Crippen LogP contribution in [0, 0.1) is 46.3 Å². The molecule has 0 aromatic carbocycles. The fourth-order valence-corrected chi connectivity index (χ4v) is 9.19. The van der Waals surface area contributed by atoms with Gasteiger partial charge in [0.15, 0.2) is 0 Å². The summed E-state index contributed by atoms with van der Waals surface area (Å²) in [5.41, 5.74) is 0.171. The second-order valence-electron chi connectivity index (χ2n) is 12.5. The van der Waals surface area contributed by atoms with Crippen molar-refractivity contribution >= 4 is 11.9 Å². The largest absolute Gasteiger partial charge is 0.465 e. The minimum atomic E-state index is -0.397. The summed E-state index contributed by atoms with van der Waals surface area (Å²) in [5.74, 6) is 2.66. The van der Waals surface area contributed by atoms with E-state index in [0.29, 0.717) is 48.5 Å². The van der Waals surface area contributed by atoms with Crippen LogP contribution in [0.2, 0.25) is 0 Å². The standard InChI is InChI=1S/C28H47NO5/c1-5-34-26(33)16-29-25(32)11-6-17(2)21-9-10-22-20-8-7-18-14-19(30)12-13-27(18,3)23(20)15-24(31)28(21,22)4/h17-24,30-31H,5-16H2,1-4H3,(H,29,32)/t17-,18?,19-,20+,21-,22+,23+,24+,27+,28-/m1/s1. The molecule has 0 spiro atoms. The summed E-state index contributed by atoms with van der Waals surface area (Å²) in [6.45, 7) is 9.05. The van der Waals surface area contributed by atoms with Gasteiger partial charge in [-0.3, -0.25) is 9.59 Å². The molecule has 0 bridgehead atoms. The highest BCUT2D eigenvalue weighted by Crippen LogP contribution is 2.68. The van der Waals surface area contributed by atoms with Crippen LogP contribution >= 0.6 is 0 Å². The minimum absolute atomic E-state index is 0.0666. The Balaban J connectivity index is 1.39. The van der Waals surface area contributed by atoms with E-state index in [1.807, 2.05) is 0 Å². The van der Waals surface area contributed by atoms with Crippen LogP contribution in [0.25, 0.3) is 0 Å². The normalized spacial score (nSPS) is 44.4. The van der Waals surface area contributed by atoms with Crippen molar-refractivity contribution in [2.45, 2.75) is 104 Å². The summed E-state index contributed by atoms with van der Waals surface area (Å²) < 4.78 is 4.88. The number of carbonyl (C=O) groups excluding carboxylic acids is 2. The molecule has 0 aromatic heterocycles. The van der Waals surface area contributed by atoms with Gasteiger partial charge in [-0.2, -0.15) is 0 Å². The van der Waals surface area contributed by atoms with Crippen LogP contribution in [0.3, 0.4) is 0 Å². The molecule has 6 nitrogen and oxygen atoms in total. The molecule has 3 N–H and O–H groups in total. The number of rotatable bonds is 7. The highest BCUT2D eigenvalue weighted by atomic mass is 16.5. The average molecular weight is 478 g/mol. The van der Waals surface area contributed by atoms with Crippen molar-refractivity contribution in [3.05, 3.63) is 0 Å². The predicted molar refractivity (Wildman–Crippen MR) is 131 cm³/mol. The smallest absolute Gasteiger partial charge is 0.325 e. The first-order valence-electron chi connectivity index (χ1n) is 13.9. The lowest BCUT2D eigenvalue weighted by Crippen LogP contribution is -2.58. The zero-order chi connectivity index (χ0) is 24.7. The number of amides is 1. The van der Waals surface area contributed by atoms with Crippen LogP contribution in [0.15, 0.2) is 0 Å². The third kappa shape index (κ3) is 4.54. The van der Waals surface area contributed by atoms with Crippen molar-refractivity contribution < 1.29 is 24.5 Å². The second kappa shape index (κ2) is 10.1.